The Labute approximate surface area is 110 Å². The van der Waals surface area contributed by atoms with Crippen LogP contribution in [0, 0.1) is 6.92 Å². The van der Waals surface area contributed by atoms with Crippen molar-refractivity contribution in [2.24, 2.45) is 0 Å². The summed E-state index contributed by atoms with van der Waals surface area (Å²) in [4.78, 5) is 26.3. The number of carbonyl (C=O) groups is 2. The third-order valence-electron chi connectivity index (χ3n) is 2.71. The van der Waals surface area contributed by atoms with E-state index in [9.17, 15) is 9.59 Å². The number of methoxy groups -OCH3 is 1. The lowest BCUT2D eigenvalue weighted by atomic mass is 10.1. The summed E-state index contributed by atoms with van der Waals surface area (Å²) >= 11 is 0. The molecule has 19 heavy (non-hydrogen) atoms. The average molecular weight is 259 g/mol. The van der Waals surface area contributed by atoms with E-state index >= 15 is 0 Å². The van der Waals surface area contributed by atoms with E-state index in [4.69, 9.17) is 4.74 Å². The number of ether oxygens (including phenoxy) is 2. The molecule has 1 aromatic carbocycles. The maximum atomic E-state index is 11.1. The van der Waals surface area contributed by atoms with E-state index in [2.05, 4.69) is 9.72 Å². The van der Waals surface area contributed by atoms with E-state index in [0.29, 0.717) is 23.0 Å². The van der Waals surface area contributed by atoms with Crippen LogP contribution in [-0.4, -0.2) is 31.0 Å². The molecule has 1 aromatic heterocycles. The van der Waals surface area contributed by atoms with Crippen molar-refractivity contribution < 1.29 is 19.1 Å². The highest BCUT2D eigenvalue weighted by Gasteiger charge is 2.11. The summed E-state index contributed by atoms with van der Waals surface area (Å²) in [5.41, 5.74) is 1.24. The fourth-order valence-corrected chi connectivity index (χ4v) is 1.76. The second-order valence-electron chi connectivity index (χ2n) is 4.01. The van der Waals surface area contributed by atoms with Gasteiger partial charge in [0.2, 0.25) is 0 Å². The van der Waals surface area contributed by atoms with E-state index in [1.807, 2.05) is 19.1 Å². The number of hydrogen-bond acceptors (Lipinski definition) is 5. The van der Waals surface area contributed by atoms with Crippen LogP contribution in [0.5, 0.6) is 5.75 Å². The summed E-state index contributed by atoms with van der Waals surface area (Å²) in [6.07, 6.45) is 2.32. The average Bonchev–Trinajstić information content (AvgIpc) is 2.43. The van der Waals surface area contributed by atoms with Gasteiger partial charge in [-0.3, -0.25) is 9.78 Å². The standard InChI is InChI=1S/C14H13NO4/c1-9-5-10-3-4-11(7-16)14(12(10)6-15-9)19-8-13(17)18-2/h3-7H,8H2,1-2H3. The number of benzene rings is 1. The molecule has 0 aliphatic heterocycles. The zero-order valence-corrected chi connectivity index (χ0v) is 10.7. The van der Waals surface area contributed by atoms with Gasteiger partial charge in [0.05, 0.1) is 12.7 Å². The lowest BCUT2D eigenvalue weighted by Gasteiger charge is -2.10. The number of fused-ring (bicyclic) bond motifs is 1. The number of nitrogens with zero attached hydrogens (tertiary/aromatic N) is 1. The second kappa shape index (κ2) is 5.48. The van der Waals surface area contributed by atoms with Crippen LogP contribution < -0.4 is 4.74 Å². The van der Waals surface area contributed by atoms with E-state index in [1.54, 1.807) is 12.3 Å². The molecule has 0 N–H and O–H groups in total. The molecule has 0 unspecified atom stereocenters. The van der Waals surface area contributed by atoms with Crippen molar-refractivity contribution in [2.45, 2.75) is 6.92 Å². The Bertz CT molecular complexity index is 637. The van der Waals surface area contributed by atoms with E-state index < -0.39 is 5.97 Å². The van der Waals surface area contributed by atoms with Crippen LogP contribution >= 0.6 is 0 Å². The SMILES string of the molecule is COC(=O)COc1c(C=O)ccc2cc(C)ncc12. The lowest BCUT2D eigenvalue weighted by molar-refractivity contribution is -0.142. The number of carbonyl (C=O) groups excluding carboxylic acids is 2. The van der Waals surface area contributed by atoms with Crippen molar-refractivity contribution in [3.05, 3.63) is 35.7 Å². The van der Waals surface area contributed by atoms with Gasteiger partial charge in [-0.2, -0.15) is 0 Å². The molecule has 0 amide bonds. The number of aryl methyl sites for hydroxylation is 1. The van der Waals surface area contributed by atoms with Crippen molar-refractivity contribution in [2.75, 3.05) is 13.7 Å². The highest BCUT2D eigenvalue weighted by atomic mass is 16.6. The van der Waals surface area contributed by atoms with Crippen LogP contribution in [0.15, 0.2) is 24.4 Å². The molecule has 0 spiro atoms. The Morgan fingerprint density at radius 2 is 2.21 bits per heavy atom. The van der Waals surface area contributed by atoms with Gasteiger partial charge < -0.3 is 9.47 Å². The minimum absolute atomic E-state index is 0.246. The van der Waals surface area contributed by atoms with Gasteiger partial charge in [-0.1, -0.05) is 6.07 Å². The van der Waals surface area contributed by atoms with Gasteiger partial charge in [0.1, 0.15) is 5.75 Å². The van der Waals surface area contributed by atoms with Crippen molar-refractivity contribution in [1.82, 2.24) is 4.98 Å². The Balaban J connectivity index is 2.48. The third-order valence-corrected chi connectivity index (χ3v) is 2.71. The summed E-state index contributed by atoms with van der Waals surface area (Å²) < 4.78 is 9.90. The molecular formula is C14H13NO4. The summed E-state index contributed by atoms with van der Waals surface area (Å²) in [5, 5.41) is 1.59. The zero-order chi connectivity index (χ0) is 13.8. The second-order valence-corrected chi connectivity index (χ2v) is 4.01. The molecule has 0 aliphatic rings. The van der Waals surface area contributed by atoms with Gasteiger partial charge in [0, 0.05) is 17.3 Å². The fraction of sp³-hybridized carbons (Fsp3) is 0.214. The molecular weight excluding hydrogens is 246 g/mol. The molecule has 2 aromatic rings. The maximum absolute atomic E-state index is 11.1. The minimum atomic E-state index is -0.506. The van der Waals surface area contributed by atoms with Crippen LogP contribution in [0.4, 0.5) is 0 Å². The molecule has 0 aliphatic carbocycles. The number of hydrogen-bond donors (Lipinski definition) is 0. The van der Waals surface area contributed by atoms with Crippen LogP contribution in [0.3, 0.4) is 0 Å². The van der Waals surface area contributed by atoms with E-state index in [1.165, 1.54) is 7.11 Å². The van der Waals surface area contributed by atoms with Crippen molar-refractivity contribution >= 4 is 23.0 Å². The first-order valence-corrected chi connectivity index (χ1v) is 5.70. The van der Waals surface area contributed by atoms with Crippen LogP contribution in [0.1, 0.15) is 16.1 Å². The highest BCUT2D eigenvalue weighted by molar-refractivity contribution is 5.96. The van der Waals surface area contributed by atoms with Gasteiger partial charge in [0.25, 0.3) is 0 Å². The van der Waals surface area contributed by atoms with Gasteiger partial charge in [-0.25, -0.2) is 4.79 Å². The van der Waals surface area contributed by atoms with E-state index in [0.717, 1.165) is 11.1 Å². The van der Waals surface area contributed by atoms with Crippen LogP contribution in [0.25, 0.3) is 10.8 Å². The molecule has 0 saturated carbocycles. The summed E-state index contributed by atoms with van der Waals surface area (Å²) in [7, 11) is 1.28. The van der Waals surface area contributed by atoms with Gasteiger partial charge in [-0.05, 0) is 24.4 Å². The van der Waals surface area contributed by atoms with Crippen molar-refractivity contribution in [3.63, 3.8) is 0 Å². The first kappa shape index (κ1) is 13.0. The van der Waals surface area contributed by atoms with Gasteiger partial charge >= 0.3 is 5.97 Å². The lowest BCUT2D eigenvalue weighted by Crippen LogP contribution is -2.13. The Morgan fingerprint density at radius 3 is 2.89 bits per heavy atom. The molecule has 0 saturated heterocycles. The number of aldehydes is 1. The highest BCUT2D eigenvalue weighted by Crippen LogP contribution is 2.28. The smallest absolute Gasteiger partial charge is 0.343 e. The fourth-order valence-electron chi connectivity index (χ4n) is 1.76. The summed E-state index contributed by atoms with van der Waals surface area (Å²) in [6.45, 7) is 1.63. The number of aromatic nitrogens is 1. The summed E-state index contributed by atoms with van der Waals surface area (Å²) in [6, 6.07) is 5.36. The molecule has 0 fully saturated rings. The first-order chi connectivity index (χ1) is 9.15. The first-order valence-electron chi connectivity index (χ1n) is 5.70. The maximum Gasteiger partial charge on any atom is 0.343 e. The van der Waals surface area contributed by atoms with Crippen molar-refractivity contribution in [1.29, 1.82) is 0 Å². The molecule has 0 atom stereocenters. The monoisotopic (exact) mass is 259 g/mol. The molecule has 98 valence electrons. The summed E-state index contributed by atoms with van der Waals surface area (Å²) in [5.74, 6) is -0.153. The minimum Gasteiger partial charge on any atom is -0.480 e. The topological polar surface area (TPSA) is 65.5 Å². The van der Waals surface area contributed by atoms with Crippen molar-refractivity contribution in [3.8, 4) is 5.75 Å². The zero-order valence-electron chi connectivity index (χ0n) is 10.7. The predicted octanol–water partition coefficient (Wildman–Crippen LogP) is 1.91. The number of rotatable bonds is 4. The molecule has 0 bridgehead atoms. The quantitative estimate of drug-likeness (QED) is 0.619. The Kier molecular flexibility index (Phi) is 3.75. The Hall–Kier alpha value is -2.43. The third kappa shape index (κ3) is 2.70. The number of esters is 1. The van der Waals surface area contributed by atoms with Gasteiger partial charge in [0.15, 0.2) is 12.9 Å². The number of pyridine rings is 1. The van der Waals surface area contributed by atoms with Crippen LogP contribution in [0.2, 0.25) is 0 Å². The molecule has 1 heterocycles. The Morgan fingerprint density at radius 1 is 1.42 bits per heavy atom. The largest absolute Gasteiger partial charge is 0.480 e. The molecule has 2 rings (SSSR count). The molecule has 5 heteroatoms. The predicted molar refractivity (Wildman–Crippen MR) is 69.4 cm³/mol. The molecule has 5 nitrogen and oxygen atoms in total. The molecule has 0 radical (unpaired) electrons. The van der Waals surface area contributed by atoms with E-state index in [-0.39, 0.29) is 6.61 Å². The van der Waals surface area contributed by atoms with Crippen LogP contribution in [-0.2, 0) is 9.53 Å². The normalized spacial score (nSPS) is 10.2. The van der Waals surface area contributed by atoms with Gasteiger partial charge in [-0.15, -0.1) is 0 Å².